The first-order valence-electron chi connectivity index (χ1n) is 6.44. The van der Waals surface area contributed by atoms with Crippen molar-refractivity contribution in [2.24, 2.45) is 5.41 Å². The zero-order valence-electron chi connectivity index (χ0n) is 11.2. The molecule has 19 heavy (non-hydrogen) atoms. The number of amides is 1. The summed E-state index contributed by atoms with van der Waals surface area (Å²) < 4.78 is 13.5. The second kappa shape index (κ2) is 5.00. The quantitative estimate of drug-likeness (QED) is 0.908. The highest BCUT2D eigenvalue weighted by Gasteiger charge is 2.44. The Bertz CT molecular complexity index is 533. The number of benzene rings is 1. The molecule has 4 heteroatoms. The lowest BCUT2D eigenvalue weighted by atomic mass is 9.69. The van der Waals surface area contributed by atoms with Crippen molar-refractivity contribution >= 4 is 5.91 Å². The highest BCUT2D eigenvalue weighted by atomic mass is 19.1. The third-order valence-corrected chi connectivity index (χ3v) is 3.81. The largest absolute Gasteiger partial charge is 0.351 e. The third kappa shape index (κ3) is 2.46. The Morgan fingerprint density at radius 1 is 1.42 bits per heavy atom. The first kappa shape index (κ1) is 13.5. The second-order valence-electron chi connectivity index (χ2n) is 5.27. The van der Waals surface area contributed by atoms with Crippen LogP contribution >= 0.6 is 0 Å². The molecule has 3 nitrogen and oxygen atoms in total. The van der Waals surface area contributed by atoms with Crippen molar-refractivity contribution in [1.82, 2.24) is 5.32 Å². The molecule has 0 bridgehead atoms. The van der Waals surface area contributed by atoms with E-state index in [0.717, 1.165) is 12.0 Å². The predicted molar refractivity (Wildman–Crippen MR) is 69.6 cm³/mol. The number of hydrogen-bond acceptors (Lipinski definition) is 2. The summed E-state index contributed by atoms with van der Waals surface area (Å²) in [5.74, 6) is -0.413. The maximum atomic E-state index is 13.5. The molecule has 1 fully saturated rings. The van der Waals surface area contributed by atoms with Crippen LogP contribution in [0, 0.1) is 36.4 Å². The summed E-state index contributed by atoms with van der Waals surface area (Å²) in [6, 6.07) is 5.56. The minimum atomic E-state index is -0.829. The molecule has 0 spiro atoms. The molecule has 1 aromatic carbocycles. The molecule has 100 valence electrons. The molecule has 2 rings (SSSR count). The summed E-state index contributed by atoms with van der Waals surface area (Å²) in [6.45, 7) is 3.75. The van der Waals surface area contributed by atoms with Gasteiger partial charge in [-0.2, -0.15) is 5.26 Å². The average molecular weight is 260 g/mol. The lowest BCUT2D eigenvalue weighted by Crippen LogP contribution is -2.44. The normalized spacial score (nSPS) is 16.3. The fraction of sp³-hybridized carbons (Fsp3) is 0.467. The van der Waals surface area contributed by atoms with Crippen LogP contribution in [0.5, 0.6) is 0 Å². The lowest BCUT2D eigenvalue weighted by molar-refractivity contribution is -0.131. The van der Waals surface area contributed by atoms with E-state index < -0.39 is 5.41 Å². The molecule has 0 radical (unpaired) electrons. The van der Waals surface area contributed by atoms with Gasteiger partial charge in [0.25, 0.3) is 0 Å². The zero-order valence-corrected chi connectivity index (χ0v) is 11.2. The Morgan fingerprint density at radius 2 is 2.00 bits per heavy atom. The smallest absolute Gasteiger partial charge is 0.240 e. The SMILES string of the molecule is Cc1cc(CNC(=O)C2(C#N)CCC2)cc(C)c1F. The molecule has 1 saturated carbocycles. The molecule has 0 aliphatic heterocycles. The number of rotatable bonds is 3. The molecular formula is C15H17FN2O. The number of aryl methyl sites for hydroxylation is 2. The van der Waals surface area contributed by atoms with Crippen LogP contribution in [-0.4, -0.2) is 5.91 Å². The molecule has 0 unspecified atom stereocenters. The molecule has 0 aromatic heterocycles. The fourth-order valence-electron chi connectivity index (χ4n) is 2.41. The van der Waals surface area contributed by atoms with Gasteiger partial charge in [-0.1, -0.05) is 12.1 Å². The molecule has 0 heterocycles. The number of carbonyl (C=O) groups excluding carboxylic acids is 1. The number of hydrogen-bond donors (Lipinski definition) is 1. The van der Waals surface area contributed by atoms with Gasteiger partial charge in [-0.25, -0.2) is 4.39 Å². The Balaban J connectivity index is 2.04. The van der Waals surface area contributed by atoms with Gasteiger partial charge in [0.05, 0.1) is 6.07 Å². The van der Waals surface area contributed by atoms with Gasteiger partial charge in [0.15, 0.2) is 0 Å². The molecule has 1 aromatic rings. The Labute approximate surface area is 112 Å². The highest BCUT2D eigenvalue weighted by molar-refractivity contribution is 5.86. The van der Waals surface area contributed by atoms with E-state index in [-0.39, 0.29) is 11.7 Å². The van der Waals surface area contributed by atoms with Crippen LogP contribution in [0.2, 0.25) is 0 Å². The first-order valence-corrected chi connectivity index (χ1v) is 6.44. The number of halogens is 1. The van der Waals surface area contributed by atoms with Gasteiger partial charge in [0.2, 0.25) is 5.91 Å². The average Bonchev–Trinajstić information content (AvgIpc) is 2.32. The van der Waals surface area contributed by atoms with E-state index in [1.165, 1.54) is 0 Å². The summed E-state index contributed by atoms with van der Waals surface area (Å²) in [6.07, 6.45) is 2.20. The van der Waals surface area contributed by atoms with E-state index in [2.05, 4.69) is 11.4 Å². The van der Waals surface area contributed by atoms with Crippen molar-refractivity contribution in [3.63, 3.8) is 0 Å². The molecule has 0 saturated heterocycles. The predicted octanol–water partition coefficient (Wildman–Crippen LogP) is 2.75. The topological polar surface area (TPSA) is 52.9 Å². The Hall–Kier alpha value is -1.89. The van der Waals surface area contributed by atoms with Gasteiger partial charge in [-0.05, 0) is 49.8 Å². The fourth-order valence-corrected chi connectivity index (χ4v) is 2.41. The summed E-state index contributed by atoms with van der Waals surface area (Å²) in [5.41, 5.74) is 1.17. The van der Waals surface area contributed by atoms with E-state index in [9.17, 15) is 9.18 Å². The monoisotopic (exact) mass is 260 g/mol. The minimum Gasteiger partial charge on any atom is -0.351 e. The van der Waals surface area contributed by atoms with Crippen LogP contribution in [0.15, 0.2) is 12.1 Å². The van der Waals surface area contributed by atoms with E-state index in [1.807, 2.05) is 0 Å². The molecule has 1 amide bonds. The van der Waals surface area contributed by atoms with Crippen LogP contribution < -0.4 is 5.32 Å². The number of carbonyl (C=O) groups is 1. The van der Waals surface area contributed by atoms with Crippen LogP contribution in [-0.2, 0) is 11.3 Å². The maximum absolute atomic E-state index is 13.5. The van der Waals surface area contributed by atoms with Crippen molar-refractivity contribution in [2.45, 2.75) is 39.7 Å². The Morgan fingerprint density at radius 3 is 2.42 bits per heavy atom. The second-order valence-corrected chi connectivity index (χ2v) is 5.27. The van der Waals surface area contributed by atoms with E-state index in [4.69, 9.17) is 5.26 Å². The van der Waals surface area contributed by atoms with Gasteiger partial charge in [0.1, 0.15) is 11.2 Å². The number of nitriles is 1. The maximum Gasteiger partial charge on any atom is 0.240 e. The van der Waals surface area contributed by atoms with Crippen LogP contribution in [0.4, 0.5) is 4.39 Å². The lowest BCUT2D eigenvalue weighted by Gasteiger charge is -2.33. The van der Waals surface area contributed by atoms with Crippen LogP contribution in [0.3, 0.4) is 0 Å². The van der Waals surface area contributed by atoms with Crippen molar-refractivity contribution in [3.05, 3.63) is 34.6 Å². The Kier molecular flexibility index (Phi) is 3.57. The van der Waals surface area contributed by atoms with Crippen LogP contribution in [0.25, 0.3) is 0 Å². The number of nitrogens with one attached hydrogen (secondary N) is 1. The van der Waals surface area contributed by atoms with Crippen molar-refractivity contribution in [1.29, 1.82) is 5.26 Å². The summed E-state index contributed by atoms with van der Waals surface area (Å²) in [7, 11) is 0. The molecule has 1 N–H and O–H groups in total. The zero-order chi connectivity index (χ0) is 14.0. The molecule has 1 aliphatic rings. The van der Waals surface area contributed by atoms with E-state index >= 15 is 0 Å². The molecule has 0 atom stereocenters. The highest BCUT2D eigenvalue weighted by Crippen LogP contribution is 2.40. The number of nitrogens with zero attached hydrogens (tertiary/aromatic N) is 1. The van der Waals surface area contributed by atoms with Gasteiger partial charge in [-0.15, -0.1) is 0 Å². The first-order chi connectivity index (χ1) is 8.98. The van der Waals surface area contributed by atoms with Gasteiger partial charge in [-0.3, -0.25) is 4.79 Å². The van der Waals surface area contributed by atoms with Crippen molar-refractivity contribution < 1.29 is 9.18 Å². The van der Waals surface area contributed by atoms with Gasteiger partial charge < -0.3 is 5.32 Å². The summed E-state index contributed by atoms with van der Waals surface area (Å²) >= 11 is 0. The van der Waals surface area contributed by atoms with Crippen molar-refractivity contribution in [2.75, 3.05) is 0 Å². The standard InChI is InChI=1S/C15H17FN2O/c1-10-6-12(7-11(2)13(10)16)8-18-14(19)15(9-17)4-3-5-15/h6-7H,3-5,8H2,1-2H3,(H,18,19). The minimum absolute atomic E-state index is 0.206. The summed E-state index contributed by atoms with van der Waals surface area (Å²) in [5, 5.41) is 11.9. The third-order valence-electron chi connectivity index (χ3n) is 3.81. The van der Waals surface area contributed by atoms with E-state index in [0.29, 0.717) is 30.5 Å². The van der Waals surface area contributed by atoms with Crippen LogP contribution in [0.1, 0.15) is 36.0 Å². The van der Waals surface area contributed by atoms with E-state index in [1.54, 1.807) is 26.0 Å². The van der Waals surface area contributed by atoms with Crippen molar-refractivity contribution in [3.8, 4) is 6.07 Å². The summed E-state index contributed by atoms with van der Waals surface area (Å²) in [4.78, 5) is 12.0. The van der Waals surface area contributed by atoms with Gasteiger partial charge >= 0.3 is 0 Å². The molecular weight excluding hydrogens is 243 g/mol. The van der Waals surface area contributed by atoms with Gasteiger partial charge in [0, 0.05) is 6.54 Å². The molecule has 1 aliphatic carbocycles.